The molecule has 148 valence electrons. The van der Waals surface area contributed by atoms with Crippen LogP contribution in [0.2, 0.25) is 0 Å². The lowest BCUT2D eigenvalue weighted by Crippen LogP contribution is -2.25. The molecule has 1 aromatic carbocycles. The van der Waals surface area contributed by atoms with E-state index < -0.39 is 0 Å². The van der Waals surface area contributed by atoms with Gasteiger partial charge in [-0.15, -0.1) is 11.3 Å². The van der Waals surface area contributed by atoms with Crippen LogP contribution < -0.4 is 10.2 Å². The van der Waals surface area contributed by atoms with Gasteiger partial charge in [0.05, 0.1) is 5.69 Å². The van der Waals surface area contributed by atoms with Crippen molar-refractivity contribution in [2.45, 2.75) is 58.8 Å². The molecule has 0 radical (unpaired) electrons. The van der Waals surface area contributed by atoms with Crippen LogP contribution in [0.15, 0.2) is 18.2 Å². The third-order valence-electron chi connectivity index (χ3n) is 5.87. The zero-order valence-electron chi connectivity index (χ0n) is 16.6. The third kappa shape index (κ3) is 3.97. The summed E-state index contributed by atoms with van der Waals surface area (Å²) in [5.41, 5.74) is 4.15. The van der Waals surface area contributed by atoms with Gasteiger partial charge in [0, 0.05) is 36.0 Å². The first kappa shape index (κ1) is 19.1. The van der Waals surface area contributed by atoms with Crippen molar-refractivity contribution in [1.29, 1.82) is 0 Å². The fraction of sp³-hybridized carbons (Fsp3) is 0.500. The highest BCUT2D eigenvalue weighted by Crippen LogP contribution is 2.36. The van der Waals surface area contributed by atoms with Crippen LogP contribution in [0.4, 0.5) is 10.8 Å². The molecular weight excluding hydrogens is 370 g/mol. The van der Waals surface area contributed by atoms with Gasteiger partial charge in [0.15, 0.2) is 5.13 Å². The second-order valence-corrected chi connectivity index (χ2v) is 9.15. The first-order chi connectivity index (χ1) is 13.5. The Balaban J connectivity index is 1.47. The van der Waals surface area contributed by atoms with Gasteiger partial charge in [-0.05, 0) is 49.8 Å². The number of anilines is 2. The highest BCUT2D eigenvalue weighted by Gasteiger charge is 2.23. The first-order valence-corrected chi connectivity index (χ1v) is 11.0. The fourth-order valence-electron chi connectivity index (χ4n) is 4.42. The molecule has 28 heavy (non-hydrogen) atoms. The second-order valence-electron chi connectivity index (χ2n) is 7.94. The number of rotatable bonds is 4. The number of hydrogen-bond acceptors (Lipinski definition) is 4. The highest BCUT2D eigenvalue weighted by molar-refractivity contribution is 7.16. The molecule has 1 N–H and O–H groups in total. The Labute approximate surface area is 170 Å². The number of amides is 2. The van der Waals surface area contributed by atoms with E-state index in [0.29, 0.717) is 17.5 Å². The van der Waals surface area contributed by atoms with Crippen molar-refractivity contribution in [3.8, 4) is 11.3 Å². The van der Waals surface area contributed by atoms with Crippen molar-refractivity contribution in [3.05, 3.63) is 28.6 Å². The fourth-order valence-corrected chi connectivity index (χ4v) is 5.27. The van der Waals surface area contributed by atoms with E-state index in [9.17, 15) is 9.59 Å². The quantitative estimate of drug-likeness (QED) is 0.795. The molecule has 2 heterocycles. The lowest BCUT2D eigenvalue weighted by molar-refractivity contribution is -0.117. The van der Waals surface area contributed by atoms with E-state index in [4.69, 9.17) is 4.98 Å². The highest BCUT2D eigenvalue weighted by atomic mass is 32.1. The smallest absolute Gasteiger partial charge is 0.226 e. The maximum Gasteiger partial charge on any atom is 0.226 e. The Hall–Kier alpha value is -2.21. The predicted octanol–water partition coefficient (Wildman–Crippen LogP) is 4.94. The number of nitrogens with zero attached hydrogens (tertiary/aromatic N) is 2. The summed E-state index contributed by atoms with van der Waals surface area (Å²) < 4.78 is 0. The molecular formula is C22H27N3O2S. The van der Waals surface area contributed by atoms with Gasteiger partial charge in [0.25, 0.3) is 0 Å². The lowest BCUT2D eigenvalue weighted by Gasteiger charge is -2.20. The summed E-state index contributed by atoms with van der Waals surface area (Å²) in [6, 6.07) is 6.17. The Bertz CT molecular complexity index is 899. The minimum absolute atomic E-state index is 0.0817. The average Bonchev–Trinajstić information content (AvgIpc) is 3.25. The zero-order chi connectivity index (χ0) is 19.7. The van der Waals surface area contributed by atoms with E-state index in [1.54, 1.807) is 6.92 Å². The Morgan fingerprint density at radius 3 is 2.79 bits per heavy atom. The van der Waals surface area contributed by atoms with Crippen molar-refractivity contribution < 1.29 is 9.59 Å². The molecule has 6 heteroatoms. The van der Waals surface area contributed by atoms with Crippen LogP contribution in [0.25, 0.3) is 11.3 Å². The van der Waals surface area contributed by atoms with Crippen LogP contribution in [0.1, 0.15) is 55.9 Å². The Morgan fingerprint density at radius 2 is 2.04 bits per heavy atom. The van der Waals surface area contributed by atoms with Gasteiger partial charge in [-0.25, -0.2) is 4.98 Å². The monoisotopic (exact) mass is 397 g/mol. The summed E-state index contributed by atoms with van der Waals surface area (Å²) in [6.07, 6.45) is 7.61. The number of aromatic nitrogens is 1. The molecule has 1 saturated carbocycles. The molecule has 5 nitrogen and oxygen atoms in total. The van der Waals surface area contributed by atoms with Gasteiger partial charge in [-0.2, -0.15) is 0 Å². The molecule has 2 amide bonds. The van der Waals surface area contributed by atoms with Crippen LogP contribution in [-0.2, 0) is 16.0 Å². The van der Waals surface area contributed by atoms with E-state index in [1.165, 1.54) is 49.0 Å². The van der Waals surface area contributed by atoms with E-state index in [0.717, 1.165) is 34.8 Å². The van der Waals surface area contributed by atoms with Crippen LogP contribution >= 0.6 is 11.3 Å². The molecule has 0 bridgehead atoms. The van der Waals surface area contributed by atoms with E-state index in [-0.39, 0.29) is 11.8 Å². The predicted molar refractivity (Wildman–Crippen MR) is 114 cm³/mol. The SMILES string of the molecule is CC(=O)N1CCc2cc(-c3nc(NC(=O)CC4CCCCC4)sc3C)ccc21. The van der Waals surface area contributed by atoms with Crippen LogP contribution in [0.5, 0.6) is 0 Å². The van der Waals surface area contributed by atoms with Gasteiger partial charge >= 0.3 is 0 Å². The van der Waals surface area contributed by atoms with Crippen molar-refractivity contribution in [3.63, 3.8) is 0 Å². The standard InChI is InChI=1S/C22H27N3O2S/c1-14-21(18-8-9-19-17(13-18)10-11-25(19)15(2)26)24-22(28-14)23-20(27)12-16-6-4-3-5-7-16/h8-9,13,16H,3-7,10-12H2,1-2H3,(H,23,24,27). The van der Waals surface area contributed by atoms with Crippen LogP contribution in [0.3, 0.4) is 0 Å². The minimum atomic E-state index is 0.0817. The number of aryl methyl sites for hydroxylation is 1. The normalized spacial score (nSPS) is 16.9. The number of benzene rings is 1. The van der Waals surface area contributed by atoms with E-state index in [1.807, 2.05) is 24.0 Å². The van der Waals surface area contributed by atoms with Gasteiger partial charge in [0.1, 0.15) is 0 Å². The average molecular weight is 398 g/mol. The van der Waals surface area contributed by atoms with Gasteiger partial charge in [0.2, 0.25) is 11.8 Å². The molecule has 1 fully saturated rings. The van der Waals surface area contributed by atoms with Crippen LogP contribution in [-0.4, -0.2) is 23.3 Å². The lowest BCUT2D eigenvalue weighted by atomic mass is 9.87. The maximum absolute atomic E-state index is 12.4. The summed E-state index contributed by atoms with van der Waals surface area (Å²) in [5.74, 6) is 0.688. The summed E-state index contributed by atoms with van der Waals surface area (Å²) in [6.45, 7) is 4.39. The van der Waals surface area contributed by atoms with Gasteiger partial charge in [-0.3, -0.25) is 9.59 Å². The van der Waals surface area contributed by atoms with Crippen molar-refractivity contribution >= 4 is 34.0 Å². The van der Waals surface area contributed by atoms with Gasteiger partial charge in [-0.1, -0.05) is 25.3 Å². The number of nitrogens with one attached hydrogen (secondary N) is 1. The molecule has 0 atom stereocenters. The number of thiazole rings is 1. The van der Waals surface area contributed by atoms with Crippen LogP contribution in [0, 0.1) is 12.8 Å². The molecule has 0 spiro atoms. The molecule has 1 aliphatic carbocycles. The second kappa shape index (κ2) is 8.03. The number of carbonyl (C=O) groups excluding carboxylic acids is 2. The third-order valence-corrected chi connectivity index (χ3v) is 6.76. The molecule has 4 rings (SSSR count). The molecule has 0 saturated heterocycles. The largest absolute Gasteiger partial charge is 0.312 e. The molecule has 2 aromatic rings. The molecule has 1 aromatic heterocycles. The molecule has 2 aliphatic rings. The molecule has 0 unspecified atom stereocenters. The van der Waals surface area contributed by atoms with Crippen molar-refractivity contribution in [2.24, 2.45) is 5.92 Å². The first-order valence-electron chi connectivity index (χ1n) is 10.2. The maximum atomic E-state index is 12.4. The summed E-state index contributed by atoms with van der Waals surface area (Å²) in [7, 11) is 0. The minimum Gasteiger partial charge on any atom is -0.312 e. The zero-order valence-corrected chi connectivity index (χ0v) is 17.4. The van der Waals surface area contributed by atoms with E-state index >= 15 is 0 Å². The van der Waals surface area contributed by atoms with Crippen molar-refractivity contribution in [1.82, 2.24) is 4.98 Å². The number of hydrogen-bond donors (Lipinski definition) is 1. The number of fused-ring (bicyclic) bond motifs is 1. The molecule has 1 aliphatic heterocycles. The van der Waals surface area contributed by atoms with Crippen molar-refractivity contribution in [2.75, 3.05) is 16.8 Å². The summed E-state index contributed by atoms with van der Waals surface area (Å²) in [4.78, 5) is 31.8. The summed E-state index contributed by atoms with van der Waals surface area (Å²) in [5, 5.41) is 3.69. The topological polar surface area (TPSA) is 62.3 Å². The number of carbonyl (C=O) groups is 2. The van der Waals surface area contributed by atoms with E-state index in [2.05, 4.69) is 11.4 Å². The Kier molecular flexibility index (Phi) is 5.49. The Morgan fingerprint density at radius 1 is 1.25 bits per heavy atom. The van der Waals surface area contributed by atoms with Gasteiger partial charge < -0.3 is 10.2 Å². The summed E-state index contributed by atoms with van der Waals surface area (Å²) >= 11 is 1.53.